The Morgan fingerprint density at radius 2 is 1.87 bits per heavy atom. The van der Waals surface area contributed by atoms with Crippen LogP contribution in [0, 0.1) is 13.8 Å². The second-order valence-electron chi connectivity index (χ2n) is 6.42. The molecular formula is C20H24N2O. The number of aryl methyl sites for hydroxylation is 2. The van der Waals surface area contributed by atoms with Gasteiger partial charge in [0.2, 0.25) is 0 Å². The van der Waals surface area contributed by atoms with Crippen LogP contribution in [0.2, 0.25) is 0 Å². The van der Waals surface area contributed by atoms with Gasteiger partial charge in [-0.2, -0.15) is 0 Å². The average molecular weight is 308 g/mol. The van der Waals surface area contributed by atoms with Crippen molar-refractivity contribution in [1.29, 1.82) is 0 Å². The molecule has 1 atom stereocenters. The van der Waals surface area contributed by atoms with E-state index in [9.17, 15) is 4.79 Å². The Morgan fingerprint density at radius 3 is 2.52 bits per heavy atom. The summed E-state index contributed by atoms with van der Waals surface area (Å²) in [5, 5.41) is 6.42. The molecule has 0 radical (unpaired) electrons. The van der Waals surface area contributed by atoms with Crippen molar-refractivity contribution in [3.8, 4) is 0 Å². The molecule has 2 N–H and O–H groups in total. The standard InChI is InChI=1S/C20H24N2O/c1-14-5-6-17(12-15(14)2)20(23)22-19-9-7-16(8-10-19)18-4-3-11-21-13-18/h5-10,12,18,21H,3-4,11,13H2,1-2H3,(H,22,23)/t18-/m1/s1. The Labute approximate surface area is 138 Å². The molecule has 0 spiro atoms. The number of benzene rings is 2. The summed E-state index contributed by atoms with van der Waals surface area (Å²) in [6.07, 6.45) is 2.47. The Balaban J connectivity index is 1.67. The molecule has 1 saturated heterocycles. The van der Waals surface area contributed by atoms with Gasteiger partial charge in [-0.05, 0) is 80.1 Å². The Hall–Kier alpha value is -2.13. The molecule has 0 unspecified atom stereocenters. The lowest BCUT2D eigenvalue weighted by molar-refractivity contribution is 0.102. The first kappa shape index (κ1) is 15.8. The minimum Gasteiger partial charge on any atom is -0.322 e. The van der Waals surface area contributed by atoms with E-state index in [2.05, 4.69) is 29.7 Å². The van der Waals surface area contributed by atoms with Gasteiger partial charge in [-0.3, -0.25) is 4.79 Å². The zero-order valence-electron chi connectivity index (χ0n) is 13.9. The molecule has 23 heavy (non-hydrogen) atoms. The summed E-state index contributed by atoms with van der Waals surface area (Å²) < 4.78 is 0. The van der Waals surface area contributed by atoms with Crippen molar-refractivity contribution in [1.82, 2.24) is 5.32 Å². The van der Waals surface area contributed by atoms with Crippen LogP contribution in [0.3, 0.4) is 0 Å². The summed E-state index contributed by atoms with van der Waals surface area (Å²) in [6.45, 7) is 6.25. The van der Waals surface area contributed by atoms with Gasteiger partial charge in [-0.25, -0.2) is 0 Å². The summed E-state index contributed by atoms with van der Waals surface area (Å²) in [5.41, 5.74) is 5.24. The van der Waals surface area contributed by atoms with Crippen molar-refractivity contribution in [3.05, 3.63) is 64.7 Å². The molecule has 1 aliphatic rings. The Kier molecular flexibility index (Phi) is 4.77. The first-order chi connectivity index (χ1) is 11.1. The van der Waals surface area contributed by atoms with Crippen molar-refractivity contribution in [2.45, 2.75) is 32.6 Å². The zero-order valence-corrected chi connectivity index (χ0v) is 13.9. The lowest BCUT2D eigenvalue weighted by Gasteiger charge is -2.23. The molecule has 120 valence electrons. The minimum atomic E-state index is -0.0554. The number of anilines is 1. The van der Waals surface area contributed by atoms with Gasteiger partial charge in [0.05, 0.1) is 0 Å². The number of amides is 1. The highest BCUT2D eigenvalue weighted by Crippen LogP contribution is 2.24. The molecule has 2 aromatic carbocycles. The monoisotopic (exact) mass is 308 g/mol. The molecule has 1 heterocycles. The third kappa shape index (κ3) is 3.80. The van der Waals surface area contributed by atoms with E-state index in [0.29, 0.717) is 11.5 Å². The number of hydrogen-bond donors (Lipinski definition) is 2. The van der Waals surface area contributed by atoms with E-state index >= 15 is 0 Å². The van der Waals surface area contributed by atoms with Crippen LogP contribution in [-0.4, -0.2) is 19.0 Å². The van der Waals surface area contributed by atoms with Crippen LogP contribution in [0.15, 0.2) is 42.5 Å². The summed E-state index contributed by atoms with van der Waals surface area (Å²) >= 11 is 0. The molecule has 1 aliphatic heterocycles. The molecule has 1 fully saturated rings. The van der Waals surface area contributed by atoms with Crippen molar-refractivity contribution in [3.63, 3.8) is 0 Å². The molecule has 0 bridgehead atoms. The van der Waals surface area contributed by atoms with Gasteiger partial charge in [0.25, 0.3) is 5.91 Å². The lowest BCUT2D eigenvalue weighted by Crippen LogP contribution is -2.28. The minimum absolute atomic E-state index is 0.0554. The zero-order chi connectivity index (χ0) is 16.2. The fourth-order valence-electron chi connectivity index (χ4n) is 3.06. The third-order valence-corrected chi connectivity index (χ3v) is 4.71. The average Bonchev–Trinajstić information content (AvgIpc) is 2.59. The van der Waals surface area contributed by atoms with Crippen LogP contribution < -0.4 is 10.6 Å². The van der Waals surface area contributed by atoms with Crippen LogP contribution in [0.5, 0.6) is 0 Å². The SMILES string of the molecule is Cc1ccc(C(=O)Nc2ccc([C@@H]3CCCNC3)cc2)cc1C. The predicted octanol–water partition coefficient (Wildman–Crippen LogP) is 4.02. The number of piperidine rings is 1. The second-order valence-corrected chi connectivity index (χ2v) is 6.42. The summed E-state index contributed by atoms with van der Waals surface area (Å²) in [7, 11) is 0. The number of carbonyl (C=O) groups is 1. The van der Waals surface area contributed by atoms with Gasteiger partial charge < -0.3 is 10.6 Å². The highest BCUT2D eigenvalue weighted by Gasteiger charge is 2.15. The third-order valence-electron chi connectivity index (χ3n) is 4.71. The number of hydrogen-bond acceptors (Lipinski definition) is 2. The highest BCUT2D eigenvalue weighted by molar-refractivity contribution is 6.04. The normalized spacial score (nSPS) is 17.7. The number of nitrogens with one attached hydrogen (secondary N) is 2. The lowest BCUT2D eigenvalue weighted by atomic mass is 9.91. The smallest absolute Gasteiger partial charge is 0.255 e. The van der Waals surface area contributed by atoms with Crippen LogP contribution in [0.4, 0.5) is 5.69 Å². The first-order valence-corrected chi connectivity index (χ1v) is 8.33. The van der Waals surface area contributed by atoms with E-state index in [1.54, 1.807) is 0 Å². The molecular weight excluding hydrogens is 284 g/mol. The molecule has 1 amide bonds. The summed E-state index contributed by atoms with van der Waals surface area (Å²) in [6, 6.07) is 14.1. The molecule has 2 aromatic rings. The van der Waals surface area contributed by atoms with E-state index < -0.39 is 0 Å². The van der Waals surface area contributed by atoms with Gasteiger partial charge >= 0.3 is 0 Å². The fourth-order valence-corrected chi connectivity index (χ4v) is 3.06. The van der Waals surface area contributed by atoms with Crippen LogP contribution in [-0.2, 0) is 0 Å². The Bertz CT molecular complexity index is 685. The molecule has 3 heteroatoms. The topological polar surface area (TPSA) is 41.1 Å². The maximum absolute atomic E-state index is 12.3. The van der Waals surface area contributed by atoms with E-state index in [-0.39, 0.29) is 5.91 Å². The van der Waals surface area contributed by atoms with Crippen LogP contribution >= 0.6 is 0 Å². The first-order valence-electron chi connectivity index (χ1n) is 8.33. The van der Waals surface area contributed by atoms with E-state index in [1.807, 2.05) is 37.3 Å². The van der Waals surface area contributed by atoms with Crippen molar-refractivity contribution in [2.75, 3.05) is 18.4 Å². The predicted molar refractivity (Wildman–Crippen MR) is 95.2 cm³/mol. The molecule has 0 saturated carbocycles. The summed E-state index contributed by atoms with van der Waals surface area (Å²) in [5.74, 6) is 0.536. The van der Waals surface area contributed by atoms with Crippen molar-refractivity contribution >= 4 is 11.6 Å². The van der Waals surface area contributed by atoms with Gasteiger partial charge in [-0.1, -0.05) is 18.2 Å². The quantitative estimate of drug-likeness (QED) is 0.899. The van der Waals surface area contributed by atoms with Gasteiger partial charge in [-0.15, -0.1) is 0 Å². The maximum atomic E-state index is 12.3. The van der Waals surface area contributed by atoms with Crippen LogP contribution in [0.1, 0.15) is 45.8 Å². The van der Waals surface area contributed by atoms with Gasteiger partial charge in [0.15, 0.2) is 0 Å². The molecule has 3 rings (SSSR count). The van der Waals surface area contributed by atoms with Crippen molar-refractivity contribution in [2.24, 2.45) is 0 Å². The highest BCUT2D eigenvalue weighted by atomic mass is 16.1. The maximum Gasteiger partial charge on any atom is 0.255 e. The molecule has 0 aliphatic carbocycles. The largest absolute Gasteiger partial charge is 0.322 e. The Morgan fingerprint density at radius 1 is 1.09 bits per heavy atom. The van der Waals surface area contributed by atoms with E-state index in [0.717, 1.165) is 24.3 Å². The van der Waals surface area contributed by atoms with Gasteiger partial charge in [0, 0.05) is 17.8 Å². The van der Waals surface area contributed by atoms with Crippen LogP contribution in [0.25, 0.3) is 0 Å². The molecule has 3 nitrogen and oxygen atoms in total. The summed E-state index contributed by atoms with van der Waals surface area (Å²) in [4.78, 5) is 12.3. The fraction of sp³-hybridized carbons (Fsp3) is 0.350. The van der Waals surface area contributed by atoms with Crippen molar-refractivity contribution < 1.29 is 4.79 Å². The van der Waals surface area contributed by atoms with E-state index in [1.165, 1.54) is 24.0 Å². The molecule has 0 aromatic heterocycles. The van der Waals surface area contributed by atoms with E-state index in [4.69, 9.17) is 0 Å². The van der Waals surface area contributed by atoms with Gasteiger partial charge in [0.1, 0.15) is 0 Å². The number of rotatable bonds is 3. The second kappa shape index (κ2) is 6.97. The number of carbonyl (C=O) groups excluding carboxylic acids is 1.